The molecule has 2 heterocycles. The first-order valence-electron chi connectivity index (χ1n) is 10.4. The molecule has 1 aliphatic carbocycles. The zero-order valence-corrected chi connectivity index (χ0v) is 17.6. The molecule has 1 saturated carbocycles. The van der Waals surface area contributed by atoms with Crippen molar-refractivity contribution in [2.75, 3.05) is 38.6 Å². The third kappa shape index (κ3) is 5.81. The molecule has 1 aliphatic heterocycles. The van der Waals surface area contributed by atoms with E-state index in [0.717, 1.165) is 57.7 Å². The molecule has 1 aromatic heterocycles. The van der Waals surface area contributed by atoms with Crippen LogP contribution >= 0.6 is 11.8 Å². The number of hydrogen-bond acceptors (Lipinski definition) is 6. The molecule has 2 aliphatic rings. The SMILES string of the molecule is CCCc1cc(=O)[nH]c(SCC(=O)NCC2(N3CCOCC3)CCCCC2)n1. The maximum atomic E-state index is 12.5. The number of aromatic nitrogens is 2. The van der Waals surface area contributed by atoms with Gasteiger partial charge in [-0.3, -0.25) is 14.5 Å². The standard InChI is InChI=1S/C20H32N4O3S/c1-2-6-16-13-17(25)23-19(22-16)28-14-18(26)21-15-20(7-4-3-5-8-20)24-9-11-27-12-10-24/h13H,2-12,14-15H2,1H3,(H,21,26)(H,22,23,25). The summed E-state index contributed by atoms with van der Waals surface area (Å²) >= 11 is 1.29. The minimum atomic E-state index is -0.158. The molecule has 1 aromatic rings. The molecule has 0 unspecified atom stereocenters. The Bertz CT molecular complexity index is 697. The van der Waals surface area contributed by atoms with Crippen LogP contribution in [0.2, 0.25) is 0 Å². The summed E-state index contributed by atoms with van der Waals surface area (Å²) in [4.78, 5) is 33.9. The van der Waals surface area contributed by atoms with E-state index in [-0.39, 0.29) is 22.8 Å². The van der Waals surface area contributed by atoms with Crippen molar-refractivity contribution in [3.63, 3.8) is 0 Å². The van der Waals surface area contributed by atoms with Gasteiger partial charge in [-0.15, -0.1) is 0 Å². The number of aryl methyl sites for hydroxylation is 1. The first-order valence-corrected chi connectivity index (χ1v) is 11.4. The van der Waals surface area contributed by atoms with Crippen molar-refractivity contribution in [2.24, 2.45) is 0 Å². The van der Waals surface area contributed by atoms with E-state index in [1.807, 2.05) is 0 Å². The van der Waals surface area contributed by atoms with E-state index < -0.39 is 0 Å². The van der Waals surface area contributed by atoms with E-state index in [2.05, 4.69) is 27.1 Å². The summed E-state index contributed by atoms with van der Waals surface area (Å²) in [5, 5.41) is 3.67. The van der Waals surface area contributed by atoms with Gasteiger partial charge in [0.15, 0.2) is 5.16 Å². The van der Waals surface area contributed by atoms with E-state index in [1.54, 1.807) is 0 Å². The Morgan fingerprint density at radius 1 is 1.32 bits per heavy atom. The Kier molecular flexibility index (Phi) is 7.93. The molecule has 7 nitrogen and oxygen atoms in total. The lowest BCUT2D eigenvalue weighted by atomic mass is 9.79. The fraction of sp³-hybridized carbons (Fsp3) is 0.750. The van der Waals surface area contributed by atoms with Crippen molar-refractivity contribution >= 4 is 17.7 Å². The maximum Gasteiger partial charge on any atom is 0.251 e. The third-order valence-electron chi connectivity index (χ3n) is 5.70. The van der Waals surface area contributed by atoms with Crippen molar-refractivity contribution in [1.82, 2.24) is 20.2 Å². The second kappa shape index (κ2) is 10.4. The minimum absolute atomic E-state index is 0.00764. The van der Waals surface area contributed by atoms with Crippen molar-refractivity contribution in [3.05, 3.63) is 22.1 Å². The molecule has 2 N–H and O–H groups in total. The molecule has 8 heteroatoms. The highest BCUT2D eigenvalue weighted by Gasteiger charge is 2.38. The van der Waals surface area contributed by atoms with E-state index >= 15 is 0 Å². The Balaban J connectivity index is 1.54. The lowest BCUT2D eigenvalue weighted by Gasteiger charge is -2.48. The smallest absolute Gasteiger partial charge is 0.251 e. The molecule has 28 heavy (non-hydrogen) atoms. The number of aromatic amines is 1. The number of H-pyrrole nitrogens is 1. The van der Waals surface area contributed by atoms with E-state index in [9.17, 15) is 9.59 Å². The number of carbonyl (C=O) groups is 1. The number of amides is 1. The Labute approximate surface area is 171 Å². The van der Waals surface area contributed by atoms with Crippen LogP contribution in [0.1, 0.15) is 51.1 Å². The number of ether oxygens (including phenoxy) is 1. The predicted octanol–water partition coefficient (Wildman–Crippen LogP) is 1.97. The number of nitrogens with one attached hydrogen (secondary N) is 2. The number of morpholine rings is 1. The Morgan fingerprint density at radius 2 is 2.07 bits per heavy atom. The van der Waals surface area contributed by atoms with Crippen LogP contribution in [0.25, 0.3) is 0 Å². The first-order chi connectivity index (χ1) is 13.6. The molecule has 0 bridgehead atoms. The lowest BCUT2D eigenvalue weighted by molar-refractivity contribution is -0.119. The summed E-state index contributed by atoms with van der Waals surface area (Å²) in [6.07, 6.45) is 7.69. The first kappa shape index (κ1) is 21.3. The molecule has 0 atom stereocenters. The number of nitrogens with zero attached hydrogens (tertiary/aromatic N) is 2. The highest BCUT2D eigenvalue weighted by atomic mass is 32.2. The van der Waals surface area contributed by atoms with Gasteiger partial charge in [0.2, 0.25) is 5.91 Å². The largest absolute Gasteiger partial charge is 0.379 e. The molecule has 3 rings (SSSR count). The van der Waals surface area contributed by atoms with E-state index in [0.29, 0.717) is 11.7 Å². The molecule has 156 valence electrons. The van der Waals surface area contributed by atoms with Gasteiger partial charge in [0.25, 0.3) is 5.56 Å². The van der Waals surface area contributed by atoms with Gasteiger partial charge in [-0.2, -0.15) is 0 Å². The lowest BCUT2D eigenvalue weighted by Crippen LogP contribution is -2.59. The summed E-state index contributed by atoms with van der Waals surface area (Å²) < 4.78 is 5.52. The summed E-state index contributed by atoms with van der Waals surface area (Å²) in [6.45, 7) is 6.18. The monoisotopic (exact) mass is 408 g/mol. The van der Waals surface area contributed by atoms with Crippen molar-refractivity contribution in [2.45, 2.75) is 62.6 Å². The van der Waals surface area contributed by atoms with Gasteiger partial charge in [0.05, 0.1) is 19.0 Å². The molecule has 2 fully saturated rings. The highest BCUT2D eigenvalue weighted by Crippen LogP contribution is 2.33. The normalized spacial score (nSPS) is 20.0. The zero-order chi connectivity index (χ0) is 19.8. The zero-order valence-electron chi connectivity index (χ0n) is 16.8. The molecular weight excluding hydrogens is 376 g/mol. The summed E-state index contributed by atoms with van der Waals surface area (Å²) in [7, 11) is 0. The van der Waals surface area contributed by atoms with Crippen LogP contribution in [-0.2, 0) is 16.0 Å². The third-order valence-corrected chi connectivity index (χ3v) is 6.57. The number of carbonyl (C=O) groups excluding carboxylic acids is 1. The number of rotatable bonds is 8. The van der Waals surface area contributed by atoms with Crippen LogP contribution in [0, 0.1) is 0 Å². The predicted molar refractivity (Wildman–Crippen MR) is 111 cm³/mol. The molecule has 1 saturated heterocycles. The van der Waals surface area contributed by atoms with Gasteiger partial charge in [0.1, 0.15) is 0 Å². The van der Waals surface area contributed by atoms with E-state index in [4.69, 9.17) is 4.74 Å². The summed E-state index contributed by atoms with van der Waals surface area (Å²) in [5.41, 5.74) is 0.688. The van der Waals surface area contributed by atoms with Gasteiger partial charge >= 0.3 is 0 Å². The second-order valence-electron chi connectivity index (χ2n) is 7.74. The van der Waals surface area contributed by atoms with Gasteiger partial charge < -0.3 is 15.0 Å². The average molecular weight is 409 g/mol. The van der Waals surface area contributed by atoms with Crippen LogP contribution in [0.15, 0.2) is 16.0 Å². The summed E-state index contributed by atoms with van der Waals surface area (Å²) in [6, 6.07) is 1.53. The fourth-order valence-corrected chi connectivity index (χ4v) is 4.96. The Hall–Kier alpha value is -1.38. The van der Waals surface area contributed by atoms with Crippen molar-refractivity contribution in [3.8, 4) is 0 Å². The molecular formula is C20H32N4O3S. The highest BCUT2D eigenvalue weighted by molar-refractivity contribution is 7.99. The quantitative estimate of drug-likeness (QED) is 0.505. The molecule has 0 spiro atoms. The van der Waals surface area contributed by atoms with Crippen LogP contribution in [-0.4, -0.2) is 64.9 Å². The van der Waals surface area contributed by atoms with Crippen LogP contribution in [0.5, 0.6) is 0 Å². The van der Waals surface area contributed by atoms with Crippen molar-refractivity contribution < 1.29 is 9.53 Å². The number of hydrogen-bond donors (Lipinski definition) is 2. The summed E-state index contributed by atoms with van der Waals surface area (Å²) in [5.74, 6) is 0.254. The second-order valence-corrected chi connectivity index (χ2v) is 8.71. The average Bonchev–Trinajstić information content (AvgIpc) is 2.72. The van der Waals surface area contributed by atoms with Crippen LogP contribution in [0.3, 0.4) is 0 Å². The van der Waals surface area contributed by atoms with Gasteiger partial charge in [-0.05, 0) is 19.3 Å². The van der Waals surface area contributed by atoms with Gasteiger partial charge in [0, 0.05) is 36.9 Å². The topological polar surface area (TPSA) is 87.3 Å². The Morgan fingerprint density at radius 3 is 2.79 bits per heavy atom. The molecule has 0 aromatic carbocycles. The minimum Gasteiger partial charge on any atom is -0.379 e. The van der Waals surface area contributed by atoms with Gasteiger partial charge in [-0.1, -0.05) is 44.4 Å². The number of thioether (sulfide) groups is 1. The van der Waals surface area contributed by atoms with Crippen LogP contribution < -0.4 is 10.9 Å². The molecule has 0 radical (unpaired) electrons. The maximum absolute atomic E-state index is 12.5. The van der Waals surface area contributed by atoms with Crippen molar-refractivity contribution in [1.29, 1.82) is 0 Å². The molecule has 1 amide bonds. The van der Waals surface area contributed by atoms with E-state index in [1.165, 1.54) is 37.1 Å². The van der Waals surface area contributed by atoms with Gasteiger partial charge in [-0.25, -0.2) is 4.98 Å². The fourth-order valence-electron chi connectivity index (χ4n) is 4.24. The van der Waals surface area contributed by atoms with Crippen LogP contribution in [0.4, 0.5) is 0 Å².